The van der Waals surface area contributed by atoms with Crippen LogP contribution in [0.15, 0.2) is 22.7 Å². The average molecular weight is 286 g/mol. The van der Waals surface area contributed by atoms with Crippen molar-refractivity contribution in [1.29, 1.82) is 0 Å². The lowest BCUT2D eigenvalue weighted by Gasteiger charge is -2.21. The number of nitrogens with one attached hydrogen (secondary N) is 1. The first kappa shape index (κ1) is 13.5. The number of ether oxygens (including phenoxy) is 1. The van der Waals surface area contributed by atoms with Crippen molar-refractivity contribution >= 4 is 15.9 Å². The molecule has 16 heavy (non-hydrogen) atoms. The molecule has 1 N–H and O–H groups in total. The fourth-order valence-corrected chi connectivity index (χ4v) is 2.43. The molecule has 2 nitrogen and oxygen atoms in total. The molecule has 0 bridgehead atoms. The Morgan fingerprint density at radius 3 is 2.50 bits per heavy atom. The van der Waals surface area contributed by atoms with Gasteiger partial charge in [-0.2, -0.15) is 0 Å². The van der Waals surface area contributed by atoms with Crippen molar-refractivity contribution in [3.63, 3.8) is 0 Å². The Kier molecular flexibility index (Phi) is 5.29. The predicted molar refractivity (Wildman–Crippen MR) is 72.2 cm³/mol. The number of rotatable bonds is 5. The maximum absolute atomic E-state index is 5.24. The molecule has 0 spiro atoms. The van der Waals surface area contributed by atoms with Crippen molar-refractivity contribution in [2.45, 2.75) is 19.8 Å². The number of hydrogen-bond donors (Lipinski definition) is 1. The van der Waals surface area contributed by atoms with Crippen LogP contribution in [0.5, 0.6) is 5.75 Å². The first-order valence-corrected chi connectivity index (χ1v) is 6.37. The zero-order valence-corrected chi connectivity index (χ0v) is 12.0. The second-order valence-corrected chi connectivity index (χ2v) is 5.16. The Balaban J connectivity index is 2.97. The Morgan fingerprint density at radius 2 is 2.06 bits per heavy atom. The summed E-state index contributed by atoms with van der Waals surface area (Å²) < 4.78 is 6.26. The molecule has 0 radical (unpaired) electrons. The van der Waals surface area contributed by atoms with E-state index in [4.69, 9.17) is 4.74 Å². The number of likely N-dealkylation sites (N-methyl/N-ethyl adjacent to an activating group) is 1. The lowest BCUT2D eigenvalue weighted by atomic mass is 9.88. The van der Waals surface area contributed by atoms with Gasteiger partial charge in [0.15, 0.2) is 0 Å². The summed E-state index contributed by atoms with van der Waals surface area (Å²) in [6.45, 7) is 5.50. The maximum atomic E-state index is 5.24. The van der Waals surface area contributed by atoms with Crippen LogP contribution in [0, 0.1) is 5.92 Å². The largest absolute Gasteiger partial charge is 0.496 e. The molecule has 1 aromatic rings. The number of benzene rings is 1. The van der Waals surface area contributed by atoms with E-state index in [-0.39, 0.29) is 0 Å². The van der Waals surface area contributed by atoms with Gasteiger partial charge >= 0.3 is 0 Å². The lowest BCUT2D eigenvalue weighted by Crippen LogP contribution is -2.21. The van der Waals surface area contributed by atoms with Crippen molar-refractivity contribution < 1.29 is 4.74 Å². The number of hydrogen-bond acceptors (Lipinski definition) is 2. The minimum absolute atomic E-state index is 0.534. The van der Waals surface area contributed by atoms with Gasteiger partial charge in [-0.3, -0.25) is 0 Å². The Hall–Kier alpha value is -0.540. The molecule has 0 aliphatic rings. The molecule has 0 heterocycles. The van der Waals surface area contributed by atoms with Crippen molar-refractivity contribution in [3.8, 4) is 5.75 Å². The highest BCUT2D eigenvalue weighted by Gasteiger charge is 2.16. The summed E-state index contributed by atoms with van der Waals surface area (Å²) in [6, 6.07) is 6.32. The van der Waals surface area contributed by atoms with Crippen molar-refractivity contribution in [1.82, 2.24) is 5.32 Å². The molecule has 0 aliphatic heterocycles. The van der Waals surface area contributed by atoms with Gasteiger partial charge in [0.2, 0.25) is 0 Å². The Labute approximate surface area is 107 Å². The number of halogens is 1. The van der Waals surface area contributed by atoms with Crippen LogP contribution >= 0.6 is 15.9 Å². The molecule has 0 fully saturated rings. The van der Waals surface area contributed by atoms with Gasteiger partial charge in [0, 0.05) is 6.54 Å². The van der Waals surface area contributed by atoms with Crippen molar-refractivity contribution in [3.05, 3.63) is 28.2 Å². The Morgan fingerprint density at radius 1 is 1.38 bits per heavy atom. The van der Waals surface area contributed by atoms with Gasteiger partial charge in [0.1, 0.15) is 5.75 Å². The second kappa shape index (κ2) is 6.26. The molecule has 1 aromatic carbocycles. The molecule has 0 saturated carbocycles. The molecule has 0 saturated heterocycles. The molecule has 1 unspecified atom stereocenters. The summed E-state index contributed by atoms with van der Waals surface area (Å²) in [4.78, 5) is 0. The topological polar surface area (TPSA) is 21.3 Å². The van der Waals surface area contributed by atoms with Crippen LogP contribution in [0.4, 0.5) is 0 Å². The molecule has 1 rings (SSSR count). The lowest BCUT2D eigenvalue weighted by molar-refractivity contribution is 0.411. The van der Waals surface area contributed by atoms with Crippen molar-refractivity contribution in [2.24, 2.45) is 5.92 Å². The molecule has 1 atom stereocenters. The van der Waals surface area contributed by atoms with Gasteiger partial charge in [-0.1, -0.05) is 19.9 Å². The number of methoxy groups -OCH3 is 1. The third-order valence-electron chi connectivity index (χ3n) is 2.83. The van der Waals surface area contributed by atoms with E-state index in [0.717, 1.165) is 16.8 Å². The average Bonchev–Trinajstić information content (AvgIpc) is 2.25. The SMILES string of the molecule is CNCC(c1ccc(OC)c(Br)c1)C(C)C. The van der Waals surface area contributed by atoms with Gasteiger partial charge in [-0.25, -0.2) is 0 Å². The quantitative estimate of drug-likeness (QED) is 0.895. The predicted octanol–water partition coefficient (Wildman–Crippen LogP) is 3.42. The Bertz CT molecular complexity index is 339. The molecule has 0 aliphatic carbocycles. The minimum atomic E-state index is 0.534. The van der Waals surface area contributed by atoms with Crippen LogP contribution in [0.3, 0.4) is 0 Å². The van der Waals surface area contributed by atoms with Gasteiger partial charge in [0.25, 0.3) is 0 Å². The fraction of sp³-hybridized carbons (Fsp3) is 0.538. The van der Waals surface area contributed by atoms with E-state index < -0.39 is 0 Å². The van der Waals surface area contributed by atoms with E-state index in [1.807, 2.05) is 13.1 Å². The molecular weight excluding hydrogens is 266 g/mol. The van der Waals surface area contributed by atoms with E-state index in [9.17, 15) is 0 Å². The molecule has 3 heteroatoms. The van der Waals surface area contributed by atoms with Crippen LogP contribution < -0.4 is 10.1 Å². The summed E-state index contributed by atoms with van der Waals surface area (Å²) in [5.74, 6) is 2.04. The van der Waals surface area contributed by atoms with Crippen LogP contribution in [-0.4, -0.2) is 20.7 Å². The zero-order chi connectivity index (χ0) is 12.1. The summed E-state index contributed by atoms with van der Waals surface area (Å²) >= 11 is 3.53. The van der Waals surface area contributed by atoms with Gasteiger partial charge in [0.05, 0.1) is 11.6 Å². The highest BCUT2D eigenvalue weighted by Crippen LogP contribution is 2.31. The van der Waals surface area contributed by atoms with Crippen LogP contribution in [0.25, 0.3) is 0 Å². The highest BCUT2D eigenvalue weighted by atomic mass is 79.9. The van der Waals surface area contributed by atoms with Crippen LogP contribution in [0.1, 0.15) is 25.3 Å². The van der Waals surface area contributed by atoms with Gasteiger partial charge < -0.3 is 10.1 Å². The minimum Gasteiger partial charge on any atom is -0.496 e. The first-order valence-electron chi connectivity index (χ1n) is 5.58. The van der Waals surface area contributed by atoms with E-state index in [2.05, 4.69) is 47.2 Å². The molecule has 0 aromatic heterocycles. The monoisotopic (exact) mass is 285 g/mol. The van der Waals surface area contributed by atoms with Crippen LogP contribution in [-0.2, 0) is 0 Å². The third-order valence-corrected chi connectivity index (χ3v) is 3.45. The summed E-state index contributed by atoms with van der Waals surface area (Å²) in [6.07, 6.45) is 0. The molecular formula is C13H20BrNO. The third kappa shape index (κ3) is 3.22. The first-order chi connectivity index (χ1) is 7.60. The van der Waals surface area contributed by atoms with Gasteiger partial charge in [-0.15, -0.1) is 0 Å². The summed E-state index contributed by atoms with van der Waals surface area (Å²) in [7, 11) is 3.68. The maximum Gasteiger partial charge on any atom is 0.133 e. The van der Waals surface area contributed by atoms with E-state index in [1.54, 1.807) is 7.11 Å². The van der Waals surface area contributed by atoms with E-state index in [1.165, 1.54) is 5.56 Å². The summed E-state index contributed by atoms with van der Waals surface area (Å²) in [5.41, 5.74) is 1.34. The molecule has 90 valence electrons. The fourth-order valence-electron chi connectivity index (χ4n) is 1.87. The zero-order valence-electron chi connectivity index (χ0n) is 10.4. The van der Waals surface area contributed by atoms with E-state index >= 15 is 0 Å². The summed E-state index contributed by atoms with van der Waals surface area (Å²) in [5, 5.41) is 3.25. The smallest absolute Gasteiger partial charge is 0.133 e. The van der Waals surface area contributed by atoms with Crippen molar-refractivity contribution in [2.75, 3.05) is 20.7 Å². The van der Waals surface area contributed by atoms with E-state index in [0.29, 0.717) is 11.8 Å². The standard InChI is InChI=1S/C13H20BrNO/c1-9(2)11(8-15-3)10-5-6-13(16-4)12(14)7-10/h5-7,9,11,15H,8H2,1-4H3. The van der Waals surface area contributed by atoms with Crippen LogP contribution in [0.2, 0.25) is 0 Å². The second-order valence-electron chi connectivity index (χ2n) is 4.30. The normalized spacial score (nSPS) is 12.9. The molecule has 0 amide bonds. The highest BCUT2D eigenvalue weighted by molar-refractivity contribution is 9.10. The van der Waals surface area contributed by atoms with Gasteiger partial charge in [-0.05, 0) is 52.5 Å².